The lowest BCUT2D eigenvalue weighted by Crippen LogP contribution is -2.40. The Kier molecular flexibility index (Phi) is 6.96. The number of ketones is 1. The lowest BCUT2D eigenvalue weighted by Gasteiger charge is -2.23. The summed E-state index contributed by atoms with van der Waals surface area (Å²) in [6, 6.07) is -0.343. The van der Waals surface area contributed by atoms with Crippen LogP contribution < -0.4 is 5.32 Å². The van der Waals surface area contributed by atoms with Crippen LogP contribution in [-0.4, -0.2) is 42.2 Å². The van der Waals surface area contributed by atoms with Crippen LogP contribution in [0.5, 0.6) is 0 Å². The first kappa shape index (κ1) is 18.6. The van der Waals surface area contributed by atoms with Gasteiger partial charge in [0.2, 0.25) is 0 Å². The van der Waals surface area contributed by atoms with Crippen LogP contribution in [0, 0.1) is 6.92 Å². The van der Waals surface area contributed by atoms with Gasteiger partial charge in [-0.05, 0) is 34.1 Å². The number of hydrogen-bond donors (Lipinski definition) is 1. The third-order valence-corrected chi connectivity index (χ3v) is 3.50. The molecule has 1 atom stereocenters. The first-order chi connectivity index (χ1) is 10.2. The molecule has 1 aromatic heterocycles. The topological polar surface area (TPSA) is 77.5 Å². The minimum Gasteiger partial charge on any atom is -0.444 e. The van der Waals surface area contributed by atoms with Gasteiger partial charge in [-0.1, -0.05) is 0 Å². The first-order valence-electron chi connectivity index (χ1n) is 7.15. The highest BCUT2D eigenvalue weighted by Crippen LogP contribution is 2.13. The van der Waals surface area contributed by atoms with Crippen LogP contribution in [0.1, 0.15) is 49.1 Å². The lowest BCUT2D eigenvalue weighted by molar-refractivity contribution is 0.0490. The maximum Gasteiger partial charge on any atom is 0.407 e. The maximum absolute atomic E-state index is 12.2. The summed E-state index contributed by atoms with van der Waals surface area (Å²) in [5, 5.41) is 5.31. The van der Waals surface area contributed by atoms with Crippen molar-refractivity contribution in [1.29, 1.82) is 0 Å². The van der Waals surface area contributed by atoms with Crippen molar-refractivity contribution < 1.29 is 19.1 Å². The molecule has 1 heterocycles. The molecule has 0 spiro atoms. The Morgan fingerprint density at radius 2 is 2.09 bits per heavy atom. The fourth-order valence-electron chi connectivity index (χ4n) is 1.78. The van der Waals surface area contributed by atoms with Crippen LogP contribution >= 0.6 is 11.3 Å². The summed E-state index contributed by atoms with van der Waals surface area (Å²) in [6.45, 7) is 7.67. The number of carbonyl (C=O) groups is 2. The van der Waals surface area contributed by atoms with Crippen molar-refractivity contribution in [3.05, 3.63) is 16.1 Å². The molecule has 22 heavy (non-hydrogen) atoms. The van der Waals surface area contributed by atoms with E-state index in [1.54, 1.807) is 33.3 Å². The van der Waals surface area contributed by atoms with Gasteiger partial charge in [-0.3, -0.25) is 4.79 Å². The zero-order valence-electron chi connectivity index (χ0n) is 13.8. The third kappa shape index (κ3) is 7.00. The van der Waals surface area contributed by atoms with E-state index in [-0.39, 0.29) is 18.2 Å². The van der Waals surface area contributed by atoms with Crippen LogP contribution in [-0.2, 0) is 9.47 Å². The summed E-state index contributed by atoms with van der Waals surface area (Å²) in [7, 11) is 1.58. The number of aromatic nitrogens is 1. The molecule has 1 unspecified atom stereocenters. The number of thiazole rings is 1. The number of Topliss-reactive ketones (excluding diaryl/α,β-unsaturated/α-hetero) is 1. The van der Waals surface area contributed by atoms with Gasteiger partial charge >= 0.3 is 6.09 Å². The van der Waals surface area contributed by atoms with E-state index in [4.69, 9.17) is 9.47 Å². The molecule has 0 aliphatic heterocycles. The molecule has 0 fully saturated rings. The summed E-state index contributed by atoms with van der Waals surface area (Å²) in [6.07, 6.45) is 0.173. The number of methoxy groups -OCH3 is 1. The second-order valence-corrected chi connectivity index (χ2v) is 7.07. The molecule has 124 valence electrons. The fraction of sp³-hybridized carbons (Fsp3) is 0.667. The zero-order valence-corrected chi connectivity index (χ0v) is 14.6. The van der Waals surface area contributed by atoms with E-state index in [0.717, 1.165) is 5.01 Å². The second-order valence-electron chi connectivity index (χ2n) is 6.00. The van der Waals surface area contributed by atoms with Crippen molar-refractivity contribution in [3.8, 4) is 0 Å². The number of carbonyl (C=O) groups excluding carboxylic acids is 2. The molecule has 6 nitrogen and oxygen atoms in total. The standard InChI is InChI=1S/C15H24N2O4S/c1-10-16-12(9-22-10)13(18)8-11(6-7-20-5)17-14(19)21-15(2,3)4/h9,11H,6-8H2,1-5H3,(H,17,19). The van der Waals surface area contributed by atoms with E-state index >= 15 is 0 Å². The number of aryl methyl sites for hydroxylation is 1. The molecule has 0 saturated carbocycles. The molecular formula is C15H24N2O4S. The largest absolute Gasteiger partial charge is 0.444 e. The van der Waals surface area contributed by atoms with Crippen molar-refractivity contribution in [3.63, 3.8) is 0 Å². The van der Waals surface area contributed by atoms with Crippen molar-refractivity contribution in [2.75, 3.05) is 13.7 Å². The van der Waals surface area contributed by atoms with Crippen molar-refractivity contribution in [1.82, 2.24) is 10.3 Å². The van der Waals surface area contributed by atoms with Gasteiger partial charge in [0.15, 0.2) is 5.78 Å². The van der Waals surface area contributed by atoms with Gasteiger partial charge in [0, 0.05) is 31.6 Å². The molecule has 0 aromatic carbocycles. The predicted octanol–water partition coefficient (Wildman–Crippen LogP) is 2.95. The molecule has 7 heteroatoms. The van der Waals surface area contributed by atoms with E-state index in [2.05, 4.69) is 10.3 Å². The average Bonchev–Trinajstić information content (AvgIpc) is 2.80. The highest BCUT2D eigenvalue weighted by molar-refractivity contribution is 7.09. The van der Waals surface area contributed by atoms with Crippen LogP contribution in [0.15, 0.2) is 5.38 Å². The Bertz CT molecular complexity index is 508. The molecule has 0 aliphatic carbocycles. The highest BCUT2D eigenvalue weighted by Gasteiger charge is 2.22. The normalized spacial score (nSPS) is 12.8. The molecule has 0 bridgehead atoms. The first-order valence-corrected chi connectivity index (χ1v) is 8.03. The Labute approximate surface area is 135 Å². The number of ether oxygens (including phenoxy) is 2. The number of alkyl carbamates (subject to hydrolysis) is 1. The van der Waals surface area contributed by atoms with Crippen LogP contribution in [0.3, 0.4) is 0 Å². The molecule has 0 saturated heterocycles. The molecule has 1 aromatic rings. The molecule has 1 rings (SSSR count). The Morgan fingerprint density at radius 1 is 1.41 bits per heavy atom. The van der Waals surface area contributed by atoms with Crippen molar-refractivity contribution in [2.45, 2.75) is 52.2 Å². The van der Waals surface area contributed by atoms with E-state index < -0.39 is 11.7 Å². The summed E-state index contributed by atoms with van der Waals surface area (Å²) in [5.41, 5.74) is -0.137. The second kappa shape index (κ2) is 8.24. The molecule has 1 N–H and O–H groups in total. The van der Waals surface area contributed by atoms with Gasteiger partial charge < -0.3 is 14.8 Å². The number of hydrogen-bond acceptors (Lipinski definition) is 6. The molecule has 0 aliphatic rings. The smallest absolute Gasteiger partial charge is 0.407 e. The van der Waals surface area contributed by atoms with E-state index in [1.165, 1.54) is 11.3 Å². The minimum absolute atomic E-state index is 0.0958. The van der Waals surface area contributed by atoms with Gasteiger partial charge in [-0.15, -0.1) is 11.3 Å². The van der Waals surface area contributed by atoms with E-state index in [0.29, 0.717) is 18.7 Å². The number of rotatable bonds is 7. The molecular weight excluding hydrogens is 304 g/mol. The summed E-state index contributed by atoms with van der Waals surface area (Å²) >= 11 is 1.43. The van der Waals surface area contributed by atoms with Crippen molar-refractivity contribution >= 4 is 23.2 Å². The van der Waals surface area contributed by atoms with Crippen LogP contribution in [0.25, 0.3) is 0 Å². The molecule has 1 amide bonds. The Morgan fingerprint density at radius 3 is 2.59 bits per heavy atom. The number of nitrogens with one attached hydrogen (secondary N) is 1. The summed E-state index contributed by atoms with van der Waals surface area (Å²) in [5.74, 6) is -0.0958. The fourth-order valence-corrected chi connectivity index (χ4v) is 2.40. The van der Waals surface area contributed by atoms with Gasteiger partial charge in [0.05, 0.1) is 5.01 Å². The Hall–Kier alpha value is -1.47. The third-order valence-electron chi connectivity index (χ3n) is 2.73. The quantitative estimate of drug-likeness (QED) is 0.779. The van der Waals surface area contributed by atoms with E-state index in [9.17, 15) is 9.59 Å². The highest BCUT2D eigenvalue weighted by atomic mass is 32.1. The van der Waals surface area contributed by atoms with Crippen LogP contribution in [0.2, 0.25) is 0 Å². The van der Waals surface area contributed by atoms with Gasteiger partial charge in [0.25, 0.3) is 0 Å². The van der Waals surface area contributed by atoms with Gasteiger partial charge in [-0.2, -0.15) is 0 Å². The van der Waals surface area contributed by atoms with E-state index in [1.807, 2.05) is 6.92 Å². The van der Waals surface area contributed by atoms with Crippen LogP contribution in [0.4, 0.5) is 4.79 Å². The monoisotopic (exact) mass is 328 g/mol. The van der Waals surface area contributed by atoms with Gasteiger partial charge in [-0.25, -0.2) is 9.78 Å². The van der Waals surface area contributed by atoms with Crippen molar-refractivity contribution in [2.24, 2.45) is 0 Å². The Balaban J connectivity index is 2.63. The summed E-state index contributed by atoms with van der Waals surface area (Å²) in [4.78, 5) is 28.2. The summed E-state index contributed by atoms with van der Waals surface area (Å²) < 4.78 is 10.3. The van der Waals surface area contributed by atoms with Gasteiger partial charge in [0.1, 0.15) is 11.3 Å². The number of nitrogens with zero attached hydrogens (tertiary/aromatic N) is 1. The maximum atomic E-state index is 12.2. The molecule has 0 radical (unpaired) electrons. The minimum atomic E-state index is -0.577. The average molecular weight is 328 g/mol. The zero-order chi connectivity index (χ0) is 16.8. The SMILES string of the molecule is COCCC(CC(=O)c1csc(C)n1)NC(=O)OC(C)(C)C. The number of amides is 1. The predicted molar refractivity (Wildman–Crippen MR) is 85.4 cm³/mol. The lowest BCUT2D eigenvalue weighted by atomic mass is 10.1.